The summed E-state index contributed by atoms with van der Waals surface area (Å²) in [7, 11) is -0.408. The quantitative estimate of drug-likeness (QED) is 0.671. The molecule has 3 N–H and O–H groups in total. The number of likely N-dealkylation sites (tertiary alicyclic amines) is 1. The first-order valence-corrected chi connectivity index (χ1v) is 12.4. The standard InChI is InChI=1S/C23H28FN5O4S/c1-14-9-16(33-4)11-26-19(14)20(30)27-15-5-6-18(24)17(10-15)22(2)13-34(31,32)23(21(25)28-22)7-8-29(3)12-23/h5-6,9-11H,7-8,12-13H2,1-4H3,(H2,25,28)(H,27,30)/t22-,23?/m0/s1. The van der Waals surface area contributed by atoms with E-state index in [1.54, 1.807) is 19.9 Å². The zero-order valence-corrected chi connectivity index (χ0v) is 20.4. The van der Waals surface area contributed by atoms with Crippen molar-refractivity contribution in [2.45, 2.75) is 30.6 Å². The van der Waals surface area contributed by atoms with E-state index in [1.165, 1.54) is 31.5 Å². The van der Waals surface area contributed by atoms with Crippen LogP contribution in [0.1, 0.15) is 35.0 Å². The first kappa shape index (κ1) is 24.1. The van der Waals surface area contributed by atoms with Crippen LogP contribution in [0.25, 0.3) is 0 Å². The summed E-state index contributed by atoms with van der Waals surface area (Å²) in [5.74, 6) is -0.994. The maximum absolute atomic E-state index is 15.0. The second-order valence-corrected chi connectivity index (χ2v) is 11.5. The molecule has 2 atom stereocenters. The van der Waals surface area contributed by atoms with Crippen LogP contribution in [0.3, 0.4) is 0 Å². The molecule has 1 aromatic heterocycles. The number of amidine groups is 1. The Morgan fingerprint density at radius 2 is 2.06 bits per heavy atom. The van der Waals surface area contributed by atoms with Crippen LogP contribution < -0.4 is 15.8 Å². The van der Waals surface area contributed by atoms with Crippen molar-refractivity contribution in [3.63, 3.8) is 0 Å². The second kappa shape index (κ2) is 8.31. The lowest BCUT2D eigenvalue weighted by atomic mass is 9.92. The van der Waals surface area contributed by atoms with Crippen LogP contribution in [0, 0.1) is 12.7 Å². The fourth-order valence-electron chi connectivity index (χ4n) is 4.74. The number of hydrogen-bond acceptors (Lipinski definition) is 8. The van der Waals surface area contributed by atoms with E-state index in [9.17, 15) is 17.6 Å². The largest absolute Gasteiger partial charge is 0.495 e. The number of nitrogens with two attached hydrogens (primary N) is 1. The predicted octanol–water partition coefficient (Wildman–Crippen LogP) is 1.87. The Morgan fingerprint density at radius 3 is 2.65 bits per heavy atom. The Labute approximate surface area is 198 Å². The van der Waals surface area contributed by atoms with Gasteiger partial charge in [0, 0.05) is 17.8 Å². The van der Waals surface area contributed by atoms with Gasteiger partial charge in [-0.1, -0.05) is 0 Å². The van der Waals surface area contributed by atoms with Crippen LogP contribution in [0.5, 0.6) is 5.75 Å². The molecule has 1 unspecified atom stereocenters. The van der Waals surface area contributed by atoms with Crippen LogP contribution >= 0.6 is 0 Å². The summed E-state index contributed by atoms with van der Waals surface area (Å²) in [5.41, 5.74) is 5.92. The maximum atomic E-state index is 15.0. The molecular weight excluding hydrogens is 461 g/mol. The molecule has 11 heteroatoms. The van der Waals surface area contributed by atoms with Crippen LogP contribution in [-0.2, 0) is 15.4 Å². The van der Waals surface area contributed by atoms with E-state index in [0.29, 0.717) is 24.3 Å². The Kier molecular flexibility index (Phi) is 5.89. The van der Waals surface area contributed by atoms with Crippen LogP contribution in [0.15, 0.2) is 35.5 Å². The number of methoxy groups -OCH3 is 1. The molecule has 9 nitrogen and oxygen atoms in total. The Balaban J connectivity index is 1.68. The number of nitrogens with zero attached hydrogens (tertiary/aromatic N) is 3. The number of aliphatic imine (C=N–C) groups is 1. The van der Waals surface area contributed by atoms with Crippen molar-refractivity contribution in [3.8, 4) is 5.75 Å². The summed E-state index contributed by atoms with van der Waals surface area (Å²) in [6.45, 7) is 4.11. The molecule has 1 saturated heterocycles. The third kappa shape index (κ3) is 3.92. The fraction of sp³-hybridized carbons (Fsp3) is 0.435. The highest BCUT2D eigenvalue weighted by atomic mass is 32.2. The average molecular weight is 490 g/mol. The molecule has 0 radical (unpaired) electrons. The number of halogens is 1. The highest BCUT2D eigenvalue weighted by Gasteiger charge is 2.57. The molecule has 1 aromatic carbocycles. The van der Waals surface area contributed by atoms with E-state index < -0.39 is 31.8 Å². The van der Waals surface area contributed by atoms with Gasteiger partial charge in [0.25, 0.3) is 5.91 Å². The number of amides is 1. The summed E-state index contributed by atoms with van der Waals surface area (Å²) in [6, 6.07) is 5.66. The molecule has 34 heavy (non-hydrogen) atoms. The van der Waals surface area contributed by atoms with Crippen LogP contribution in [-0.4, -0.2) is 67.8 Å². The molecule has 0 bridgehead atoms. The predicted molar refractivity (Wildman–Crippen MR) is 127 cm³/mol. The molecule has 2 aliphatic rings. The number of ether oxygens (including phenoxy) is 1. The Hall–Kier alpha value is -3.05. The molecule has 4 rings (SSSR count). The van der Waals surface area contributed by atoms with Gasteiger partial charge in [0.1, 0.15) is 33.4 Å². The lowest BCUT2D eigenvalue weighted by Crippen LogP contribution is -2.59. The SMILES string of the molecule is COc1cnc(C(=O)Nc2ccc(F)c([C@]3(C)CS(=O)(=O)C4(CCN(C)C4)C(N)=N3)c2)c(C)c1. The Bertz CT molecular complexity index is 1300. The van der Waals surface area contributed by atoms with Crippen molar-refractivity contribution in [1.29, 1.82) is 0 Å². The van der Waals surface area contributed by atoms with Gasteiger partial charge in [-0.05, 0) is 63.7 Å². The fourth-order valence-corrected chi connectivity index (χ4v) is 7.16. The van der Waals surface area contributed by atoms with Gasteiger partial charge in [-0.3, -0.25) is 9.79 Å². The molecule has 1 spiro atoms. The van der Waals surface area contributed by atoms with E-state index in [0.717, 1.165) is 0 Å². The van der Waals surface area contributed by atoms with Gasteiger partial charge in [0.05, 0.1) is 19.1 Å². The Morgan fingerprint density at radius 1 is 1.32 bits per heavy atom. The van der Waals surface area contributed by atoms with Gasteiger partial charge >= 0.3 is 0 Å². The minimum absolute atomic E-state index is 0.00232. The monoisotopic (exact) mass is 489 g/mol. The van der Waals surface area contributed by atoms with Crippen LogP contribution in [0.2, 0.25) is 0 Å². The summed E-state index contributed by atoms with van der Waals surface area (Å²) < 4.78 is 45.6. The van der Waals surface area contributed by atoms with Crippen molar-refractivity contribution >= 4 is 27.3 Å². The zero-order valence-electron chi connectivity index (χ0n) is 19.6. The second-order valence-electron chi connectivity index (χ2n) is 9.20. The van der Waals surface area contributed by atoms with Gasteiger partial charge in [0.15, 0.2) is 9.84 Å². The number of pyridine rings is 1. The average Bonchev–Trinajstić information content (AvgIpc) is 3.17. The number of nitrogens with one attached hydrogen (secondary N) is 1. The van der Waals surface area contributed by atoms with Crippen molar-refractivity contribution in [2.75, 3.05) is 38.3 Å². The number of rotatable bonds is 4. The molecule has 2 aliphatic heterocycles. The normalized spacial score (nSPS) is 26.3. The van der Waals surface area contributed by atoms with Gasteiger partial charge in [-0.2, -0.15) is 0 Å². The summed E-state index contributed by atoms with van der Waals surface area (Å²) >= 11 is 0. The van der Waals surface area contributed by atoms with E-state index in [1.807, 2.05) is 11.9 Å². The summed E-state index contributed by atoms with van der Waals surface area (Å²) in [4.78, 5) is 23.3. The molecule has 182 valence electrons. The number of carbonyl (C=O) groups excluding carboxylic acids is 1. The van der Waals surface area contributed by atoms with Gasteiger partial charge in [0.2, 0.25) is 0 Å². The molecule has 0 saturated carbocycles. The van der Waals surface area contributed by atoms with Gasteiger partial charge in [-0.15, -0.1) is 0 Å². The summed E-state index contributed by atoms with van der Waals surface area (Å²) in [6.07, 6.45) is 1.78. The van der Waals surface area contributed by atoms with Crippen molar-refractivity contribution < 1.29 is 22.3 Å². The zero-order chi connectivity index (χ0) is 24.9. The lowest BCUT2D eigenvalue weighted by Gasteiger charge is -2.39. The smallest absolute Gasteiger partial charge is 0.274 e. The highest BCUT2D eigenvalue weighted by molar-refractivity contribution is 7.93. The molecular formula is C23H28FN5O4S. The van der Waals surface area contributed by atoms with Crippen molar-refractivity contribution in [1.82, 2.24) is 9.88 Å². The lowest BCUT2D eigenvalue weighted by molar-refractivity contribution is 0.102. The van der Waals surface area contributed by atoms with Gasteiger partial charge < -0.3 is 20.7 Å². The number of aromatic nitrogens is 1. The van der Waals surface area contributed by atoms with Crippen molar-refractivity contribution in [3.05, 3.63) is 53.1 Å². The van der Waals surface area contributed by atoms with E-state index in [2.05, 4.69) is 15.3 Å². The van der Waals surface area contributed by atoms with Crippen LogP contribution in [0.4, 0.5) is 10.1 Å². The maximum Gasteiger partial charge on any atom is 0.274 e. The molecule has 1 fully saturated rings. The van der Waals surface area contributed by atoms with E-state index >= 15 is 0 Å². The third-order valence-electron chi connectivity index (χ3n) is 6.63. The van der Waals surface area contributed by atoms with E-state index in [-0.39, 0.29) is 35.1 Å². The molecule has 3 heterocycles. The summed E-state index contributed by atoms with van der Waals surface area (Å²) in [5, 5.41) is 2.70. The van der Waals surface area contributed by atoms with E-state index in [4.69, 9.17) is 10.5 Å². The molecule has 0 aliphatic carbocycles. The topological polar surface area (TPSA) is 127 Å². The third-order valence-corrected chi connectivity index (χ3v) is 9.31. The number of aryl methyl sites for hydroxylation is 1. The molecule has 2 aromatic rings. The number of anilines is 1. The minimum Gasteiger partial charge on any atom is -0.495 e. The highest BCUT2D eigenvalue weighted by Crippen LogP contribution is 2.42. The number of carbonyl (C=O) groups is 1. The first-order valence-electron chi connectivity index (χ1n) is 10.8. The number of benzene rings is 1. The first-order chi connectivity index (χ1) is 15.9. The number of hydrogen-bond donors (Lipinski definition) is 2. The molecule has 1 amide bonds. The van der Waals surface area contributed by atoms with Crippen molar-refractivity contribution in [2.24, 2.45) is 10.7 Å². The number of sulfone groups is 1. The minimum atomic E-state index is -3.74. The van der Waals surface area contributed by atoms with Gasteiger partial charge in [-0.25, -0.2) is 17.8 Å².